The quantitative estimate of drug-likeness (QED) is 0.688. The van der Waals surface area contributed by atoms with Gasteiger partial charge in [-0.05, 0) is 24.1 Å². The van der Waals surface area contributed by atoms with Crippen LogP contribution in [0.3, 0.4) is 0 Å². The Bertz CT molecular complexity index is 1000. The molecule has 4 rings (SSSR count). The summed E-state index contributed by atoms with van der Waals surface area (Å²) in [6, 6.07) is 9.14. The van der Waals surface area contributed by atoms with E-state index in [1.54, 1.807) is 30.0 Å². The predicted molar refractivity (Wildman–Crippen MR) is 96.8 cm³/mol. The van der Waals surface area contributed by atoms with Gasteiger partial charge in [0.2, 0.25) is 12.7 Å². The lowest BCUT2D eigenvalue weighted by Crippen LogP contribution is -2.38. The molecule has 0 saturated heterocycles. The van der Waals surface area contributed by atoms with Gasteiger partial charge in [-0.1, -0.05) is 6.07 Å². The van der Waals surface area contributed by atoms with Gasteiger partial charge < -0.3 is 29.1 Å². The minimum Gasteiger partial charge on any atom is -0.463 e. The third kappa shape index (κ3) is 3.46. The van der Waals surface area contributed by atoms with E-state index in [2.05, 4.69) is 10.6 Å². The van der Waals surface area contributed by atoms with Crippen LogP contribution in [0, 0.1) is 0 Å². The Balaban J connectivity index is 1.24. The van der Waals surface area contributed by atoms with Gasteiger partial charge in [0, 0.05) is 25.7 Å². The van der Waals surface area contributed by atoms with E-state index in [-0.39, 0.29) is 25.2 Å². The van der Waals surface area contributed by atoms with Gasteiger partial charge >= 0.3 is 0 Å². The van der Waals surface area contributed by atoms with Crippen molar-refractivity contribution in [2.24, 2.45) is 7.05 Å². The Labute approximate surface area is 155 Å². The van der Waals surface area contributed by atoms with E-state index in [0.29, 0.717) is 24.2 Å². The highest BCUT2D eigenvalue weighted by molar-refractivity contribution is 5.99. The number of rotatable bonds is 6. The molecule has 1 aromatic carbocycles. The summed E-state index contributed by atoms with van der Waals surface area (Å²) in [4.78, 5) is 24.2. The number of carbonyl (C=O) groups excluding carboxylic acids is 2. The first-order valence-electron chi connectivity index (χ1n) is 8.58. The number of nitrogens with one attached hydrogen (secondary N) is 2. The summed E-state index contributed by atoms with van der Waals surface area (Å²) in [6.07, 6.45) is 2.23. The van der Waals surface area contributed by atoms with Crippen molar-refractivity contribution in [3.63, 3.8) is 0 Å². The van der Waals surface area contributed by atoms with Crippen LogP contribution in [0.5, 0.6) is 11.5 Å². The summed E-state index contributed by atoms with van der Waals surface area (Å²) in [6.45, 7) is 0.611. The Morgan fingerprint density at radius 2 is 1.96 bits per heavy atom. The van der Waals surface area contributed by atoms with Gasteiger partial charge in [-0.2, -0.15) is 0 Å². The summed E-state index contributed by atoms with van der Waals surface area (Å²) in [7, 11) is 1.78. The molecule has 8 heteroatoms. The number of carbonyl (C=O) groups is 2. The van der Waals surface area contributed by atoms with Gasteiger partial charge in [0.25, 0.3) is 5.91 Å². The fraction of sp³-hybridized carbons (Fsp3) is 0.263. The highest BCUT2D eigenvalue weighted by Crippen LogP contribution is 2.32. The first-order valence-corrected chi connectivity index (χ1v) is 8.58. The molecule has 0 atom stereocenters. The van der Waals surface area contributed by atoms with E-state index in [1.807, 2.05) is 18.2 Å². The van der Waals surface area contributed by atoms with Crippen molar-refractivity contribution < 1.29 is 23.5 Å². The van der Waals surface area contributed by atoms with Crippen molar-refractivity contribution in [1.29, 1.82) is 0 Å². The van der Waals surface area contributed by atoms with Crippen molar-refractivity contribution in [3.05, 3.63) is 47.9 Å². The molecule has 3 aromatic rings. The summed E-state index contributed by atoms with van der Waals surface area (Å²) in [5, 5.41) is 5.41. The first-order chi connectivity index (χ1) is 13.1. The van der Waals surface area contributed by atoms with Crippen molar-refractivity contribution in [3.8, 4) is 11.5 Å². The van der Waals surface area contributed by atoms with Crippen molar-refractivity contribution in [2.45, 2.75) is 6.42 Å². The minimum absolute atomic E-state index is 0.0908. The van der Waals surface area contributed by atoms with Crippen LogP contribution in [-0.2, 0) is 18.3 Å². The van der Waals surface area contributed by atoms with Crippen LogP contribution >= 0.6 is 0 Å². The fourth-order valence-corrected chi connectivity index (χ4v) is 3.02. The monoisotopic (exact) mass is 369 g/mol. The average molecular weight is 369 g/mol. The van der Waals surface area contributed by atoms with Crippen LogP contribution in [0.4, 0.5) is 0 Å². The van der Waals surface area contributed by atoms with Gasteiger partial charge in [-0.15, -0.1) is 0 Å². The lowest BCUT2D eigenvalue weighted by Gasteiger charge is -2.08. The molecular weight excluding hydrogens is 350 g/mol. The largest absolute Gasteiger partial charge is 0.463 e. The number of nitrogens with zero attached hydrogens (tertiary/aromatic N) is 1. The second-order valence-corrected chi connectivity index (χ2v) is 6.23. The number of aromatic nitrogens is 1. The van der Waals surface area contributed by atoms with E-state index in [0.717, 1.165) is 22.6 Å². The second-order valence-electron chi connectivity index (χ2n) is 6.23. The molecule has 0 saturated carbocycles. The number of aryl methyl sites for hydroxylation is 1. The molecule has 2 amide bonds. The highest BCUT2D eigenvalue weighted by Gasteiger charge is 2.16. The third-order valence-electron chi connectivity index (χ3n) is 4.48. The van der Waals surface area contributed by atoms with Crippen molar-refractivity contribution in [2.75, 3.05) is 19.9 Å². The molecule has 0 spiro atoms. The van der Waals surface area contributed by atoms with Gasteiger partial charge in [0.05, 0.1) is 18.3 Å². The standard InChI is InChI=1S/C19H19N3O5/c1-22-13-5-7-25-16(13)9-14(22)19(24)21-10-18(23)20-6-4-12-2-3-15-17(8-12)27-11-26-15/h2-3,5,7-9H,4,6,10-11H2,1H3,(H,20,23)(H,21,24). The molecule has 2 aromatic heterocycles. The summed E-state index contributed by atoms with van der Waals surface area (Å²) in [5.74, 6) is 0.884. The predicted octanol–water partition coefficient (Wildman–Crippen LogP) is 1.59. The van der Waals surface area contributed by atoms with Gasteiger partial charge in [-0.3, -0.25) is 9.59 Å². The van der Waals surface area contributed by atoms with Gasteiger partial charge in [0.1, 0.15) is 5.69 Å². The number of benzene rings is 1. The number of hydrogen-bond acceptors (Lipinski definition) is 5. The number of hydrogen-bond donors (Lipinski definition) is 2. The molecule has 0 bridgehead atoms. The lowest BCUT2D eigenvalue weighted by atomic mass is 10.1. The molecule has 1 aliphatic rings. The molecule has 140 valence electrons. The van der Waals surface area contributed by atoms with Crippen LogP contribution in [-0.4, -0.2) is 36.3 Å². The van der Waals surface area contributed by atoms with Crippen LogP contribution in [0.15, 0.2) is 41.0 Å². The Morgan fingerprint density at radius 1 is 1.11 bits per heavy atom. The average Bonchev–Trinajstić information content (AvgIpc) is 3.37. The van der Waals surface area contributed by atoms with E-state index in [1.165, 1.54) is 0 Å². The summed E-state index contributed by atoms with van der Waals surface area (Å²) < 4.78 is 17.6. The number of ether oxygens (including phenoxy) is 2. The topological polar surface area (TPSA) is 94.7 Å². The normalized spacial score (nSPS) is 12.3. The smallest absolute Gasteiger partial charge is 0.268 e. The fourth-order valence-electron chi connectivity index (χ4n) is 3.02. The SMILES string of the molecule is Cn1c(C(=O)NCC(=O)NCCc2ccc3c(c2)OCO3)cc2occc21. The summed E-state index contributed by atoms with van der Waals surface area (Å²) in [5.41, 5.74) is 2.94. The van der Waals surface area contributed by atoms with Crippen LogP contribution < -0.4 is 20.1 Å². The zero-order valence-electron chi connectivity index (χ0n) is 14.8. The molecule has 0 unspecified atom stereocenters. The number of furan rings is 1. The van der Waals surface area contributed by atoms with Gasteiger partial charge in [0.15, 0.2) is 17.1 Å². The molecular formula is C19H19N3O5. The maximum atomic E-state index is 12.3. The van der Waals surface area contributed by atoms with Crippen LogP contribution in [0.2, 0.25) is 0 Å². The molecule has 0 aliphatic carbocycles. The minimum atomic E-state index is -0.324. The van der Waals surface area contributed by atoms with Gasteiger partial charge in [-0.25, -0.2) is 0 Å². The van der Waals surface area contributed by atoms with E-state index < -0.39 is 0 Å². The Hall–Kier alpha value is -3.42. The van der Waals surface area contributed by atoms with E-state index >= 15 is 0 Å². The first kappa shape index (κ1) is 17.0. The van der Waals surface area contributed by atoms with E-state index in [4.69, 9.17) is 13.9 Å². The zero-order valence-corrected chi connectivity index (χ0v) is 14.8. The molecule has 27 heavy (non-hydrogen) atoms. The zero-order chi connectivity index (χ0) is 18.8. The van der Waals surface area contributed by atoms with Crippen molar-refractivity contribution in [1.82, 2.24) is 15.2 Å². The third-order valence-corrected chi connectivity index (χ3v) is 4.48. The Morgan fingerprint density at radius 3 is 2.81 bits per heavy atom. The molecule has 8 nitrogen and oxygen atoms in total. The van der Waals surface area contributed by atoms with Crippen molar-refractivity contribution >= 4 is 22.9 Å². The lowest BCUT2D eigenvalue weighted by molar-refractivity contribution is -0.120. The van der Waals surface area contributed by atoms with E-state index in [9.17, 15) is 9.59 Å². The number of fused-ring (bicyclic) bond motifs is 2. The molecule has 0 fully saturated rings. The highest BCUT2D eigenvalue weighted by atomic mass is 16.7. The molecule has 3 heterocycles. The second kappa shape index (κ2) is 7.06. The Kier molecular flexibility index (Phi) is 4.45. The van der Waals surface area contributed by atoms with Crippen LogP contribution in [0.1, 0.15) is 16.1 Å². The summed E-state index contributed by atoms with van der Waals surface area (Å²) >= 11 is 0. The maximum absolute atomic E-state index is 12.3. The molecule has 0 radical (unpaired) electrons. The maximum Gasteiger partial charge on any atom is 0.268 e. The van der Waals surface area contributed by atoms with Crippen LogP contribution in [0.25, 0.3) is 11.1 Å². The number of amides is 2. The molecule has 2 N–H and O–H groups in total. The molecule has 1 aliphatic heterocycles.